The lowest BCUT2D eigenvalue weighted by atomic mass is 9.86. The minimum atomic E-state index is -0.282. The van der Waals surface area contributed by atoms with Crippen LogP contribution in [0.25, 0.3) is 0 Å². The summed E-state index contributed by atoms with van der Waals surface area (Å²) in [6.45, 7) is 8.88. The van der Waals surface area contributed by atoms with Crippen molar-refractivity contribution in [3.63, 3.8) is 0 Å². The molecule has 1 amide bonds. The van der Waals surface area contributed by atoms with Crippen molar-refractivity contribution in [3.8, 4) is 11.8 Å². The summed E-state index contributed by atoms with van der Waals surface area (Å²) in [5.41, 5.74) is 2.90. The molecule has 0 spiro atoms. The topological polar surface area (TPSA) is 92.8 Å². The summed E-state index contributed by atoms with van der Waals surface area (Å²) in [7, 11) is 0. The van der Waals surface area contributed by atoms with E-state index in [2.05, 4.69) is 28.5 Å². The number of rotatable bonds is 9. The van der Waals surface area contributed by atoms with E-state index in [1.54, 1.807) is 11.3 Å². The van der Waals surface area contributed by atoms with E-state index in [9.17, 15) is 10.1 Å². The zero-order chi connectivity index (χ0) is 24.9. The minimum Gasteiger partial charge on any atom is -0.483 e. The second-order valence-electron chi connectivity index (χ2n) is 8.84. The van der Waals surface area contributed by atoms with E-state index in [0.29, 0.717) is 28.2 Å². The van der Waals surface area contributed by atoms with Gasteiger partial charge in [0.15, 0.2) is 17.1 Å². The number of benzene rings is 1. The minimum absolute atomic E-state index is 0.145. The third-order valence-corrected chi connectivity index (χ3v) is 8.51. The number of nitriles is 1. The first kappa shape index (κ1) is 25.3. The Bertz CT molecular complexity index is 1240. The molecule has 0 saturated carbocycles. The highest BCUT2D eigenvalue weighted by Crippen LogP contribution is 2.40. The summed E-state index contributed by atoms with van der Waals surface area (Å²) in [5.74, 6) is 2.22. The normalized spacial score (nSPS) is 15.8. The fourth-order valence-corrected chi connectivity index (χ4v) is 6.59. The van der Waals surface area contributed by atoms with Gasteiger partial charge < -0.3 is 14.6 Å². The summed E-state index contributed by atoms with van der Waals surface area (Å²) in [6, 6.07) is 10.2. The van der Waals surface area contributed by atoms with E-state index in [1.165, 1.54) is 16.6 Å². The third kappa shape index (κ3) is 5.71. The molecule has 4 rings (SSSR count). The Morgan fingerprint density at radius 3 is 2.94 bits per heavy atom. The smallest absolute Gasteiger partial charge is 0.235 e. The first-order valence-electron chi connectivity index (χ1n) is 12.1. The van der Waals surface area contributed by atoms with Gasteiger partial charge in [0.1, 0.15) is 16.8 Å². The Balaban J connectivity index is 1.40. The van der Waals surface area contributed by atoms with Crippen molar-refractivity contribution < 1.29 is 9.53 Å². The largest absolute Gasteiger partial charge is 0.483 e. The maximum atomic E-state index is 12.8. The quantitative estimate of drug-likeness (QED) is 0.360. The molecule has 1 aromatic carbocycles. The molecule has 7 nitrogen and oxygen atoms in total. The highest BCUT2D eigenvalue weighted by atomic mass is 32.2. The molecular weight excluding hydrogens is 478 g/mol. The van der Waals surface area contributed by atoms with Gasteiger partial charge >= 0.3 is 0 Å². The number of amides is 1. The molecule has 2 atom stereocenters. The molecule has 0 saturated heterocycles. The fourth-order valence-electron chi connectivity index (χ4n) is 4.45. The van der Waals surface area contributed by atoms with E-state index in [0.717, 1.165) is 48.4 Å². The van der Waals surface area contributed by atoms with Crippen LogP contribution in [0.4, 0.5) is 5.00 Å². The van der Waals surface area contributed by atoms with Crippen LogP contribution in [0.2, 0.25) is 0 Å². The highest BCUT2D eigenvalue weighted by molar-refractivity contribution is 7.99. The second-order valence-corrected chi connectivity index (χ2v) is 10.9. The van der Waals surface area contributed by atoms with E-state index < -0.39 is 0 Å². The predicted molar refractivity (Wildman–Crippen MR) is 140 cm³/mol. The van der Waals surface area contributed by atoms with Crippen LogP contribution in [-0.2, 0) is 24.2 Å². The van der Waals surface area contributed by atoms with Crippen molar-refractivity contribution in [2.75, 3.05) is 11.1 Å². The molecule has 1 aliphatic rings. The van der Waals surface area contributed by atoms with Crippen molar-refractivity contribution in [1.29, 1.82) is 5.26 Å². The van der Waals surface area contributed by atoms with E-state index in [-0.39, 0.29) is 17.8 Å². The molecule has 2 heterocycles. The monoisotopic (exact) mass is 509 g/mol. The zero-order valence-electron chi connectivity index (χ0n) is 20.6. The van der Waals surface area contributed by atoms with Gasteiger partial charge in [0, 0.05) is 11.4 Å². The maximum Gasteiger partial charge on any atom is 0.235 e. The summed E-state index contributed by atoms with van der Waals surface area (Å²) < 4.78 is 8.06. The average molecular weight is 510 g/mol. The molecule has 184 valence electrons. The van der Waals surface area contributed by atoms with Gasteiger partial charge in [-0.3, -0.25) is 4.79 Å². The number of hydrogen-bond acceptors (Lipinski definition) is 7. The van der Waals surface area contributed by atoms with Crippen molar-refractivity contribution in [1.82, 2.24) is 14.8 Å². The number of aryl methyl sites for hydroxylation is 1. The van der Waals surface area contributed by atoms with Crippen LogP contribution < -0.4 is 10.1 Å². The van der Waals surface area contributed by atoms with E-state index in [4.69, 9.17) is 4.74 Å². The Kier molecular flexibility index (Phi) is 8.14. The van der Waals surface area contributed by atoms with Crippen LogP contribution >= 0.6 is 23.1 Å². The summed E-state index contributed by atoms with van der Waals surface area (Å²) in [6.07, 6.45) is 3.89. The number of aromatic nitrogens is 3. The van der Waals surface area contributed by atoms with Gasteiger partial charge in [-0.1, -0.05) is 37.2 Å². The lowest BCUT2D eigenvalue weighted by Crippen LogP contribution is -2.15. The van der Waals surface area contributed by atoms with Crippen LogP contribution in [0.1, 0.15) is 67.1 Å². The van der Waals surface area contributed by atoms with Crippen molar-refractivity contribution in [2.24, 2.45) is 5.92 Å². The molecule has 1 N–H and O–H groups in total. The second kappa shape index (κ2) is 11.3. The molecule has 2 unspecified atom stereocenters. The third-order valence-electron chi connectivity index (χ3n) is 6.37. The lowest BCUT2D eigenvalue weighted by molar-refractivity contribution is -0.113. The van der Waals surface area contributed by atoms with Gasteiger partial charge in [-0.05, 0) is 69.2 Å². The van der Waals surface area contributed by atoms with Crippen molar-refractivity contribution >= 4 is 34.0 Å². The summed E-state index contributed by atoms with van der Waals surface area (Å²) >= 11 is 2.90. The molecule has 0 radical (unpaired) electrons. The molecule has 0 aliphatic heterocycles. The SMILES string of the molecule is CCC1CCc2c(sc(NC(=O)CSc3nnc(C(C)Oc4cccc(C)c4)n3CC)c2C#N)C1. The van der Waals surface area contributed by atoms with E-state index >= 15 is 0 Å². The van der Waals surface area contributed by atoms with Gasteiger partial charge in [-0.2, -0.15) is 5.26 Å². The van der Waals surface area contributed by atoms with Gasteiger partial charge in [0.05, 0.1) is 11.3 Å². The number of carbonyl (C=O) groups excluding carboxylic acids is 1. The highest BCUT2D eigenvalue weighted by Gasteiger charge is 2.26. The van der Waals surface area contributed by atoms with Gasteiger partial charge in [0.2, 0.25) is 5.91 Å². The first-order valence-corrected chi connectivity index (χ1v) is 13.9. The van der Waals surface area contributed by atoms with Crippen LogP contribution in [0.5, 0.6) is 5.75 Å². The number of nitrogens with zero attached hydrogens (tertiary/aromatic N) is 4. The van der Waals surface area contributed by atoms with Gasteiger partial charge in [-0.15, -0.1) is 21.5 Å². The Hall–Kier alpha value is -2.83. The van der Waals surface area contributed by atoms with Gasteiger partial charge in [-0.25, -0.2) is 0 Å². The Morgan fingerprint density at radius 1 is 1.40 bits per heavy atom. The number of thioether (sulfide) groups is 1. The predicted octanol–water partition coefficient (Wildman–Crippen LogP) is 5.93. The van der Waals surface area contributed by atoms with Crippen LogP contribution in [0.3, 0.4) is 0 Å². The van der Waals surface area contributed by atoms with Crippen LogP contribution in [0.15, 0.2) is 29.4 Å². The molecule has 0 bridgehead atoms. The molecule has 2 aromatic heterocycles. The Labute approximate surface area is 214 Å². The average Bonchev–Trinajstić information content (AvgIpc) is 3.42. The molecule has 9 heteroatoms. The lowest BCUT2D eigenvalue weighted by Gasteiger charge is -2.20. The molecule has 1 aliphatic carbocycles. The van der Waals surface area contributed by atoms with E-state index in [1.807, 2.05) is 49.6 Å². The fraction of sp³-hybridized carbons (Fsp3) is 0.462. The zero-order valence-corrected chi connectivity index (χ0v) is 22.3. The number of carbonyl (C=O) groups is 1. The maximum absolute atomic E-state index is 12.8. The summed E-state index contributed by atoms with van der Waals surface area (Å²) in [4.78, 5) is 14.0. The summed E-state index contributed by atoms with van der Waals surface area (Å²) in [5, 5.41) is 22.7. The number of fused-ring (bicyclic) bond motifs is 1. The number of anilines is 1. The number of nitrogens with one attached hydrogen (secondary N) is 1. The van der Waals surface area contributed by atoms with Crippen LogP contribution in [0, 0.1) is 24.2 Å². The number of ether oxygens (including phenoxy) is 1. The number of thiophene rings is 1. The Morgan fingerprint density at radius 2 is 2.23 bits per heavy atom. The van der Waals surface area contributed by atoms with Crippen molar-refractivity contribution in [2.45, 2.75) is 71.2 Å². The number of hydrogen-bond donors (Lipinski definition) is 1. The molecule has 35 heavy (non-hydrogen) atoms. The van der Waals surface area contributed by atoms with Crippen molar-refractivity contribution in [3.05, 3.63) is 51.7 Å². The molecule has 3 aromatic rings. The standard InChI is InChI=1S/C26H31N5O2S2/c1-5-18-10-11-20-21(14-27)25(35-22(20)13-18)28-23(32)15-34-26-30-29-24(31(26)6-2)17(4)33-19-9-7-8-16(3)12-19/h7-9,12,17-18H,5-6,10-11,13,15H2,1-4H3,(H,28,32). The van der Waals surface area contributed by atoms with Crippen LogP contribution in [-0.4, -0.2) is 26.4 Å². The van der Waals surface area contributed by atoms with Gasteiger partial charge in [0.25, 0.3) is 0 Å². The molecule has 0 fully saturated rings. The molecular formula is C26H31N5O2S2. The first-order chi connectivity index (χ1) is 16.9.